The summed E-state index contributed by atoms with van der Waals surface area (Å²) in [4.78, 5) is 11.8. The van der Waals surface area contributed by atoms with Crippen LogP contribution in [0.15, 0.2) is 16.6 Å². The Hall–Kier alpha value is -0.830. The Labute approximate surface area is 98.4 Å². The molecule has 0 radical (unpaired) electrons. The van der Waals surface area contributed by atoms with Crippen LogP contribution in [-0.4, -0.2) is 10.9 Å². The number of halogens is 1. The lowest BCUT2D eigenvalue weighted by molar-refractivity contribution is 0.0936. The highest BCUT2D eigenvalue weighted by atomic mass is 79.9. The summed E-state index contributed by atoms with van der Waals surface area (Å²) in [5.41, 5.74) is 1.21. The van der Waals surface area contributed by atoms with Gasteiger partial charge in [0.2, 0.25) is 0 Å². The normalized spacial score (nSPS) is 10.7. The van der Waals surface area contributed by atoms with Crippen molar-refractivity contribution in [2.24, 2.45) is 5.92 Å². The van der Waals surface area contributed by atoms with E-state index in [9.17, 15) is 9.90 Å². The molecule has 0 spiro atoms. The number of ketones is 1. The number of carbonyl (C=O) groups excluding carboxylic acids is 1. The van der Waals surface area contributed by atoms with Crippen molar-refractivity contribution in [3.63, 3.8) is 0 Å². The number of hydrogen-bond donors (Lipinski definition) is 1. The molecule has 1 rings (SSSR count). The number of carbonyl (C=O) groups is 1. The van der Waals surface area contributed by atoms with Crippen LogP contribution in [0.1, 0.15) is 36.7 Å². The molecular formula is C12H15BrO2. The van der Waals surface area contributed by atoms with Crippen molar-refractivity contribution in [3.8, 4) is 5.75 Å². The van der Waals surface area contributed by atoms with Gasteiger partial charge in [0.05, 0.1) is 5.56 Å². The Bertz CT molecular complexity index is 383. The van der Waals surface area contributed by atoms with Crippen LogP contribution in [0.25, 0.3) is 0 Å². The largest absolute Gasteiger partial charge is 0.507 e. The third kappa shape index (κ3) is 2.59. The minimum absolute atomic E-state index is 0.0245. The van der Waals surface area contributed by atoms with Crippen molar-refractivity contribution in [2.75, 3.05) is 0 Å². The quantitative estimate of drug-likeness (QED) is 0.853. The molecule has 0 aromatic heterocycles. The fraction of sp³-hybridized carbons (Fsp3) is 0.417. The second kappa shape index (κ2) is 4.79. The standard InChI is InChI=1S/C12H15BrO2/c1-4-8-5-9(13)6-10(12(8)15)11(14)7(2)3/h5-7,15H,4H2,1-3H3. The van der Waals surface area contributed by atoms with Crippen LogP contribution in [0.2, 0.25) is 0 Å². The summed E-state index contributed by atoms with van der Waals surface area (Å²) in [6, 6.07) is 3.52. The van der Waals surface area contributed by atoms with E-state index >= 15 is 0 Å². The second-order valence-electron chi connectivity index (χ2n) is 3.83. The van der Waals surface area contributed by atoms with E-state index in [0.717, 1.165) is 10.0 Å². The first-order valence-electron chi connectivity index (χ1n) is 5.03. The van der Waals surface area contributed by atoms with Crippen LogP contribution < -0.4 is 0 Å². The molecule has 2 nitrogen and oxygen atoms in total. The first-order valence-corrected chi connectivity index (χ1v) is 5.82. The number of rotatable bonds is 3. The minimum atomic E-state index is -0.102. The average molecular weight is 271 g/mol. The SMILES string of the molecule is CCc1cc(Br)cc(C(=O)C(C)C)c1O. The van der Waals surface area contributed by atoms with E-state index in [0.29, 0.717) is 12.0 Å². The topological polar surface area (TPSA) is 37.3 Å². The van der Waals surface area contributed by atoms with E-state index in [1.54, 1.807) is 6.07 Å². The summed E-state index contributed by atoms with van der Waals surface area (Å²) in [6.45, 7) is 5.60. The van der Waals surface area contributed by atoms with Gasteiger partial charge in [-0.25, -0.2) is 0 Å². The van der Waals surface area contributed by atoms with Gasteiger partial charge in [-0.2, -0.15) is 0 Å². The van der Waals surface area contributed by atoms with Gasteiger partial charge in [-0.1, -0.05) is 36.7 Å². The van der Waals surface area contributed by atoms with E-state index in [2.05, 4.69) is 15.9 Å². The number of benzene rings is 1. The van der Waals surface area contributed by atoms with E-state index in [4.69, 9.17) is 0 Å². The zero-order valence-electron chi connectivity index (χ0n) is 9.17. The Kier molecular flexibility index (Phi) is 3.91. The van der Waals surface area contributed by atoms with Crippen molar-refractivity contribution >= 4 is 21.7 Å². The highest BCUT2D eigenvalue weighted by Crippen LogP contribution is 2.29. The number of phenols is 1. The lowest BCUT2D eigenvalue weighted by Crippen LogP contribution is -2.08. The van der Waals surface area contributed by atoms with E-state index < -0.39 is 0 Å². The van der Waals surface area contributed by atoms with Crippen molar-refractivity contribution in [3.05, 3.63) is 27.7 Å². The third-order valence-electron chi connectivity index (χ3n) is 2.32. The van der Waals surface area contributed by atoms with Gasteiger partial charge in [0, 0.05) is 10.4 Å². The Morgan fingerprint density at radius 1 is 1.47 bits per heavy atom. The smallest absolute Gasteiger partial charge is 0.169 e. The lowest BCUT2D eigenvalue weighted by atomic mass is 9.97. The minimum Gasteiger partial charge on any atom is -0.507 e. The summed E-state index contributed by atoms with van der Waals surface area (Å²) in [7, 11) is 0. The van der Waals surface area contributed by atoms with Gasteiger partial charge in [-0.15, -0.1) is 0 Å². The lowest BCUT2D eigenvalue weighted by Gasteiger charge is -2.10. The molecule has 0 heterocycles. The fourth-order valence-electron chi connectivity index (χ4n) is 1.42. The first-order chi connectivity index (χ1) is 6.97. The van der Waals surface area contributed by atoms with E-state index in [1.807, 2.05) is 26.8 Å². The molecule has 82 valence electrons. The molecule has 0 amide bonds. The molecule has 0 saturated heterocycles. The monoisotopic (exact) mass is 270 g/mol. The van der Waals surface area contributed by atoms with Gasteiger partial charge in [-0.05, 0) is 24.1 Å². The highest BCUT2D eigenvalue weighted by Gasteiger charge is 2.17. The highest BCUT2D eigenvalue weighted by molar-refractivity contribution is 9.10. The molecule has 0 aliphatic heterocycles. The molecule has 15 heavy (non-hydrogen) atoms. The summed E-state index contributed by atoms with van der Waals surface area (Å²) >= 11 is 3.34. The van der Waals surface area contributed by atoms with Crippen LogP contribution in [0.3, 0.4) is 0 Å². The maximum absolute atomic E-state index is 11.8. The first kappa shape index (κ1) is 12.2. The number of Topliss-reactive ketones (excluding diaryl/α,β-unsaturated/α-hetero) is 1. The maximum Gasteiger partial charge on any atom is 0.169 e. The van der Waals surface area contributed by atoms with Crippen molar-refractivity contribution in [1.82, 2.24) is 0 Å². The van der Waals surface area contributed by atoms with Crippen molar-refractivity contribution in [1.29, 1.82) is 0 Å². The molecule has 3 heteroatoms. The predicted molar refractivity (Wildman–Crippen MR) is 64.4 cm³/mol. The second-order valence-corrected chi connectivity index (χ2v) is 4.75. The predicted octanol–water partition coefficient (Wildman–Crippen LogP) is 3.56. The average Bonchev–Trinajstić information content (AvgIpc) is 2.19. The molecule has 0 atom stereocenters. The zero-order valence-corrected chi connectivity index (χ0v) is 10.8. The molecule has 0 aliphatic carbocycles. The van der Waals surface area contributed by atoms with Gasteiger partial charge in [-0.3, -0.25) is 4.79 Å². The molecular weight excluding hydrogens is 256 g/mol. The van der Waals surface area contributed by atoms with E-state index in [-0.39, 0.29) is 17.5 Å². The summed E-state index contributed by atoms with van der Waals surface area (Å²) in [5.74, 6) is -0.00203. The Morgan fingerprint density at radius 3 is 2.53 bits per heavy atom. The van der Waals surface area contributed by atoms with Crippen LogP contribution in [0.4, 0.5) is 0 Å². The summed E-state index contributed by atoms with van der Waals surface area (Å²) in [6.07, 6.45) is 0.712. The van der Waals surface area contributed by atoms with Gasteiger partial charge < -0.3 is 5.11 Å². The van der Waals surface area contributed by atoms with Gasteiger partial charge >= 0.3 is 0 Å². The molecule has 1 N–H and O–H groups in total. The zero-order chi connectivity index (χ0) is 11.6. The summed E-state index contributed by atoms with van der Waals surface area (Å²) < 4.78 is 0.834. The molecule has 1 aromatic rings. The van der Waals surface area contributed by atoms with Crippen molar-refractivity contribution in [2.45, 2.75) is 27.2 Å². The van der Waals surface area contributed by atoms with Gasteiger partial charge in [0.1, 0.15) is 5.75 Å². The van der Waals surface area contributed by atoms with Crippen LogP contribution in [-0.2, 0) is 6.42 Å². The van der Waals surface area contributed by atoms with Gasteiger partial charge in [0.25, 0.3) is 0 Å². The maximum atomic E-state index is 11.8. The number of aryl methyl sites for hydroxylation is 1. The molecule has 1 aromatic carbocycles. The third-order valence-corrected chi connectivity index (χ3v) is 2.78. The number of phenolic OH excluding ortho intramolecular Hbond substituents is 1. The molecule has 0 bridgehead atoms. The van der Waals surface area contributed by atoms with Crippen LogP contribution >= 0.6 is 15.9 Å². The summed E-state index contributed by atoms with van der Waals surface area (Å²) in [5, 5.41) is 9.89. The van der Waals surface area contributed by atoms with Crippen molar-refractivity contribution < 1.29 is 9.90 Å². The molecule has 0 aliphatic rings. The van der Waals surface area contributed by atoms with E-state index in [1.165, 1.54) is 0 Å². The molecule has 0 fully saturated rings. The van der Waals surface area contributed by atoms with Crippen LogP contribution in [0, 0.1) is 5.92 Å². The number of hydrogen-bond acceptors (Lipinski definition) is 2. The Balaban J connectivity index is 3.29. The number of aromatic hydroxyl groups is 1. The molecule has 0 saturated carbocycles. The molecule has 0 unspecified atom stereocenters. The fourth-order valence-corrected chi connectivity index (χ4v) is 1.93. The van der Waals surface area contributed by atoms with Crippen LogP contribution in [0.5, 0.6) is 5.75 Å². The Morgan fingerprint density at radius 2 is 2.07 bits per heavy atom. The van der Waals surface area contributed by atoms with Gasteiger partial charge in [0.15, 0.2) is 5.78 Å².